The number of rotatable bonds is 2. The number of piperidine rings is 1. The maximum Gasteiger partial charge on any atom is 0.301 e. The van der Waals surface area contributed by atoms with E-state index in [2.05, 4.69) is 5.16 Å². The van der Waals surface area contributed by atoms with Gasteiger partial charge in [-0.3, -0.25) is 4.90 Å². The Morgan fingerprint density at radius 1 is 1.29 bits per heavy atom. The van der Waals surface area contributed by atoms with Crippen molar-refractivity contribution in [2.24, 2.45) is 5.16 Å². The maximum absolute atomic E-state index is 13.5. The Labute approximate surface area is 98.3 Å². The van der Waals surface area contributed by atoms with Gasteiger partial charge < -0.3 is 5.21 Å². The molecule has 1 saturated heterocycles. The molecule has 5 heteroatoms. The van der Waals surface area contributed by atoms with Crippen LogP contribution in [0.3, 0.4) is 0 Å². The number of hydrogen-bond acceptors (Lipinski definition) is 3. The average Bonchev–Trinajstić information content (AvgIpc) is 2.29. The van der Waals surface area contributed by atoms with E-state index in [4.69, 9.17) is 5.21 Å². The van der Waals surface area contributed by atoms with Crippen molar-refractivity contribution in [1.82, 2.24) is 4.90 Å². The van der Waals surface area contributed by atoms with Crippen LogP contribution in [0.2, 0.25) is 0 Å². The quantitative estimate of drug-likeness (QED) is 0.636. The fraction of sp³-hybridized carbons (Fsp3) is 0.417. The summed E-state index contributed by atoms with van der Waals surface area (Å²) in [5.74, 6) is -3.03. The van der Waals surface area contributed by atoms with Crippen LogP contribution in [0.4, 0.5) is 8.78 Å². The molecule has 0 atom stereocenters. The van der Waals surface area contributed by atoms with Crippen molar-refractivity contribution in [3.8, 4) is 0 Å². The molecule has 0 amide bonds. The van der Waals surface area contributed by atoms with E-state index in [1.54, 1.807) is 4.90 Å². The second-order valence-electron chi connectivity index (χ2n) is 4.20. The molecule has 0 bridgehead atoms. The molecule has 1 aliphatic heterocycles. The van der Waals surface area contributed by atoms with E-state index in [9.17, 15) is 8.78 Å². The number of oxime groups is 1. The molecule has 92 valence electrons. The van der Waals surface area contributed by atoms with Crippen LogP contribution >= 0.6 is 0 Å². The highest BCUT2D eigenvalue weighted by molar-refractivity contribution is 5.91. The highest BCUT2D eigenvalue weighted by Crippen LogP contribution is 2.25. The summed E-state index contributed by atoms with van der Waals surface area (Å²) in [6, 6.07) is 9.49. The summed E-state index contributed by atoms with van der Waals surface area (Å²) in [7, 11) is 0. The van der Waals surface area contributed by atoms with Crippen LogP contribution < -0.4 is 0 Å². The predicted molar refractivity (Wildman–Crippen MR) is 60.5 cm³/mol. The van der Waals surface area contributed by atoms with Crippen LogP contribution in [0.1, 0.15) is 12.0 Å². The standard InChI is InChI=1S/C12H14F2N2O/c13-12(14)9-16(7-6-11(12)15-17)8-10-4-2-1-3-5-10/h1-5,17H,6-9H2/b15-11-. The van der Waals surface area contributed by atoms with E-state index in [1.807, 2.05) is 30.3 Å². The fourth-order valence-electron chi connectivity index (χ4n) is 2.00. The highest BCUT2D eigenvalue weighted by Gasteiger charge is 2.41. The van der Waals surface area contributed by atoms with Gasteiger partial charge in [-0.15, -0.1) is 0 Å². The van der Waals surface area contributed by atoms with Gasteiger partial charge in [-0.1, -0.05) is 35.5 Å². The molecule has 0 radical (unpaired) electrons. The molecule has 0 unspecified atom stereocenters. The van der Waals surface area contributed by atoms with E-state index in [0.29, 0.717) is 13.1 Å². The summed E-state index contributed by atoms with van der Waals surface area (Å²) in [5.41, 5.74) is 0.592. The van der Waals surface area contributed by atoms with Gasteiger partial charge in [0.15, 0.2) is 0 Å². The molecule has 0 saturated carbocycles. The number of likely N-dealkylation sites (tertiary alicyclic amines) is 1. The Hall–Kier alpha value is -1.49. The molecule has 3 nitrogen and oxygen atoms in total. The van der Waals surface area contributed by atoms with Crippen LogP contribution in [0.25, 0.3) is 0 Å². The molecule has 1 fully saturated rings. The Morgan fingerprint density at radius 2 is 2.00 bits per heavy atom. The van der Waals surface area contributed by atoms with Gasteiger partial charge in [-0.2, -0.15) is 8.78 Å². The first kappa shape index (κ1) is 12.0. The minimum Gasteiger partial charge on any atom is -0.411 e. The first-order valence-corrected chi connectivity index (χ1v) is 5.47. The smallest absolute Gasteiger partial charge is 0.301 e. The topological polar surface area (TPSA) is 35.8 Å². The SMILES string of the molecule is O/N=C1/CCN(Cc2ccccc2)CC1(F)F. The lowest BCUT2D eigenvalue weighted by molar-refractivity contribution is 0.0114. The molecular formula is C12H14F2N2O. The summed E-state index contributed by atoms with van der Waals surface area (Å²) in [5, 5.41) is 11.2. The second kappa shape index (κ2) is 4.79. The summed E-state index contributed by atoms with van der Waals surface area (Å²) >= 11 is 0. The molecule has 2 rings (SSSR count). The van der Waals surface area contributed by atoms with Gasteiger partial charge in [0.05, 0.1) is 6.54 Å². The first-order valence-electron chi connectivity index (χ1n) is 5.47. The van der Waals surface area contributed by atoms with Crippen LogP contribution in [0.5, 0.6) is 0 Å². The predicted octanol–water partition coefficient (Wildman–Crippen LogP) is 2.36. The number of nitrogens with zero attached hydrogens (tertiary/aromatic N) is 2. The van der Waals surface area contributed by atoms with Gasteiger partial charge in [0.25, 0.3) is 0 Å². The normalized spacial score (nSPS) is 22.8. The van der Waals surface area contributed by atoms with Crippen LogP contribution in [-0.4, -0.2) is 34.8 Å². The third kappa shape index (κ3) is 2.79. The van der Waals surface area contributed by atoms with Crippen LogP contribution in [-0.2, 0) is 6.54 Å². The molecule has 1 N–H and O–H groups in total. The summed E-state index contributed by atoms with van der Waals surface area (Å²) in [4.78, 5) is 1.67. The van der Waals surface area contributed by atoms with Crippen molar-refractivity contribution < 1.29 is 14.0 Å². The zero-order chi connectivity index (χ0) is 12.3. The molecule has 17 heavy (non-hydrogen) atoms. The van der Waals surface area contributed by atoms with Crippen molar-refractivity contribution in [1.29, 1.82) is 0 Å². The minimum atomic E-state index is -3.03. The lowest BCUT2D eigenvalue weighted by Gasteiger charge is -2.32. The monoisotopic (exact) mass is 240 g/mol. The Balaban J connectivity index is 2.02. The molecule has 1 heterocycles. The van der Waals surface area contributed by atoms with E-state index in [1.165, 1.54) is 0 Å². The lowest BCUT2D eigenvalue weighted by atomic mass is 10.0. The largest absolute Gasteiger partial charge is 0.411 e. The van der Waals surface area contributed by atoms with E-state index in [-0.39, 0.29) is 13.0 Å². The molecule has 1 aromatic rings. The number of hydrogen-bond donors (Lipinski definition) is 1. The van der Waals surface area contributed by atoms with Crippen molar-refractivity contribution >= 4 is 5.71 Å². The Bertz CT molecular complexity index is 406. The second-order valence-corrected chi connectivity index (χ2v) is 4.20. The van der Waals surface area contributed by atoms with E-state index < -0.39 is 11.6 Å². The van der Waals surface area contributed by atoms with E-state index in [0.717, 1.165) is 5.56 Å². The van der Waals surface area contributed by atoms with Gasteiger partial charge in [0, 0.05) is 19.5 Å². The Kier molecular flexibility index (Phi) is 3.38. The van der Waals surface area contributed by atoms with Gasteiger partial charge in [-0.05, 0) is 5.56 Å². The number of halogens is 2. The molecular weight excluding hydrogens is 226 g/mol. The van der Waals surface area contributed by atoms with Crippen molar-refractivity contribution in [2.45, 2.75) is 18.9 Å². The molecule has 0 spiro atoms. The lowest BCUT2D eigenvalue weighted by Crippen LogP contribution is -2.48. The van der Waals surface area contributed by atoms with Crippen LogP contribution in [0.15, 0.2) is 35.5 Å². The van der Waals surface area contributed by atoms with Gasteiger partial charge >= 0.3 is 5.92 Å². The molecule has 0 aromatic heterocycles. The summed E-state index contributed by atoms with van der Waals surface area (Å²) in [6.45, 7) is 0.598. The minimum absolute atomic E-state index is 0.107. The molecule has 0 aliphatic carbocycles. The van der Waals surface area contributed by atoms with Crippen molar-refractivity contribution in [3.05, 3.63) is 35.9 Å². The Morgan fingerprint density at radius 3 is 2.59 bits per heavy atom. The zero-order valence-corrected chi connectivity index (χ0v) is 9.31. The molecule has 1 aliphatic rings. The highest BCUT2D eigenvalue weighted by atomic mass is 19.3. The van der Waals surface area contributed by atoms with Crippen molar-refractivity contribution in [2.75, 3.05) is 13.1 Å². The van der Waals surface area contributed by atoms with Gasteiger partial charge in [0.2, 0.25) is 0 Å². The van der Waals surface area contributed by atoms with Crippen molar-refractivity contribution in [3.63, 3.8) is 0 Å². The van der Waals surface area contributed by atoms with E-state index >= 15 is 0 Å². The third-order valence-corrected chi connectivity index (χ3v) is 2.88. The summed E-state index contributed by atoms with van der Waals surface area (Å²) < 4.78 is 27.0. The maximum atomic E-state index is 13.5. The third-order valence-electron chi connectivity index (χ3n) is 2.88. The average molecular weight is 240 g/mol. The zero-order valence-electron chi connectivity index (χ0n) is 9.31. The van der Waals surface area contributed by atoms with Crippen LogP contribution in [0, 0.1) is 0 Å². The molecule has 1 aromatic carbocycles. The summed E-state index contributed by atoms with van der Waals surface area (Å²) in [6.07, 6.45) is 0.107. The van der Waals surface area contributed by atoms with Gasteiger partial charge in [-0.25, -0.2) is 0 Å². The van der Waals surface area contributed by atoms with Gasteiger partial charge in [0.1, 0.15) is 5.71 Å². The fourth-order valence-corrected chi connectivity index (χ4v) is 2.00. The number of alkyl halides is 2. The number of benzene rings is 1. The first-order chi connectivity index (χ1) is 8.12.